The predicted octanol–water partition coefficient (Wildman–Crippen LogP) is 5.86. The Labute approximate surface area is 181 Å². The van der Waals surface area contributed by atoms with Gasteiger partial charge in [-0.1, -0.05) is 84.9 Å². The van der Waals surface area contributed by atoms with E-state index in [4.69, 9.17) is 4.55 Å². The quantitative estimate of drug-likeness (QED) is 0.316. The second-order valence-electron chi connectivity index (χ2n) is 6.46. The van der Waals surface area contributed by atoms with Crippen molar-refractivity contribution in [3.05, 3.63) is 127 Å². The van der Waals surface area contributed by atoms with Gasteiger partial charge in [-0.05, 0) is 42.0 Å². The Morgan fingerprint density at radius 1 is 0.533 bits per heavy atom. The minimum absolute atomic E-state index is 0.0146. The molecule has 0 unspecified atom stereocenters. The molecule has 0 saturated carbocycles. The van der Waals surface area contributed by atoms with Crippen molar-refractivity contribution in [2.75, 3.05) is 0 Å². The maximum absolute atomic E-state index is 10.4. The first-order valence-corrected chi connectivity index (χ1v) is 12.2. The van der Waals surface area contributed by atoms with Crippen LogP contribution in [-0.4, -0.2) is 13.0 Å². The lowest BCUT2D eigenvalue weighted by Crippen LogP contribution is -2.04. The summed E-state index contributed by atoms with van der Waals surface area (Å²) in [6.07, 6.45) is 0. The van der Waals surface area contributed by atoms with Gasteiger partial charge < -0.3 is 0 Å². The Morgan fingerprint density at radius 2 is 0.833 bits per heavy atom. The van der Waals surface area contributed by atoms with Gasteiger partial charge >= 0.3 is 0 Å². The summed E-state index contributed by atoms with van der Waals surface area (Å²) in [5.41, 5.74) is 0.593. The average Bonchev–Trinajstić information content (AvgIpc) is 2.76. The van der Waals surface area contributed by atoms with Crippen molar-refractivity contribution < 1.29 is 13.0 Å². The van der Waals surface area contributed by atoms with E-state index in [1.165, 1.54) is 14.7 Å². The molecule has 0 spiro atoms. The van der Waals surface area contributed by atoms with E-state index in [-0.39, 0.29) is 16.6 Å². The van der Waals surface area contributed by atoms with Crippen LogP contribution < -0.4 is 0 Å². The molecular formula is C25H23O3S2+. The molecule has 152 valence electrons. The fourth-order valence-electron chi connectivity index (χ4n) is 2.86. The smallest absolute Gasteiger partial charge is 0.269 e. The standard InChI is InChI=1S/C18H15S.C7H8O3S/c1-4-10-16(11-5-1)19(17-12-6-2-7-13-17)18-14-8-3-9-15-18;8-11(9,10)6-7-4-2-1-3-5-7/h1-15H;1-5H,6H2,(H,8,9,10)/q+1;. The van der Waals surface area contributed by atoms with Crippen LogP contribution in [0.3, 0.4) is 0 Å². The second-order valence-corrected chi connectivity index (χ2v) is 9.94. The van der Waals surface area contributed by atoms with E-state index >= 15 is 0 Å². The first-order chi connectivity index (χ1) is 14.5. The van der Waals surface area contributed by atoms with Crippen molar-refractivity contribution in [1.29, 1.82) is 0 Å². The number of hydrogen-bond acceptors (Lipinski definition) is 2. The molecule has 0 aliphatic carbocycles. The third kappa shape index (κ3) is 6.88. The van der Waals surface area contributed by atoms with Gasteiger partial charge in [-0.3, -0.25) is 4.55 Å². The lowest BCUT2D eigenvalue weighted by Gasteiger charge is -2.07. The van der Waals surface area contributed by atoms with Gasteiger partial charge in [-0.2, -0.15) is 8.42 Å². The molecule has 0 aliphatic rings. The molecule has 0 radical (unpaired) electrons. The van der Waals surface area contributed by atoms with E-state index in [0.717, 1.165) is 0 Å². The molecule has 0 bridgehead atoms. The molecule has 30 heavy (non-hydrogen) atoms. The molecule has 3 nitrogen and oxygen atoms in total. The average molecular weight is 436 g/mol. The normalized spacial score (nSPS) is 10.9. The molecule has 5 heteroatoms. The highest BCUT2D eigenvalue weighted by Gasteiger charge is 2.27. The van der Waals surface area contributed by atoms with E-state index in [1.54, 1.807) is 30.3 Å². The van der Waals surface area contributed by atoms with E-state index in [9.17, 15) is 8.42 Å². The van der Waals surface area contributed by atoms with Gasteiger partial charge in [0.25, 0.3) is 10.1 Å². The zero-order valence-corrected chi connectivity index (χ0v) is 18.0. The summed E-state index contributed by atoms with van der Waals surface area (Å²) in [5.74, 6) is -0.312. The fourth-order valence-corrected chi connectivity index (χ4v) is 5.58. The van der Waals surface area contributed by atoms with Crippen LogP contribution in [0, 0.1) is 0 Å². The molecule has 4 rings (SSSR count). The van der Waals surface area contributed by atoms with Crippen LogP contribution in [0.25, 0.3) is 0 Å². The SMILES string of the molecule is O=S(=O)(O)Cc1ccccc1.c1ccc([S+](c2ccccc2)c2ccccc2)cc1. The van der Waals surface area contributed by atoms with Crippen LogP contribution in [0.15, 0.2) is 136 Å². The Morgan fingerprint density at radius 3 is 1.13 bits per heavy atom. The largest absolute Gasteiger partial charge is 0.285 e. The predicted molar refractivity (Wildman–Crippen MR) is 123 cm³/mol. The van der Waals surface area contributed by atoms with Crippen molar-refractivity contribution in [2.45, 2.75) is 20.4 Å². The topological polar surface area (TPSA) is 54.4 Å². The number of hydrogen-bond donors (Lipinski definition) is 1. The van der Waals surface area contributed by atoms with Crippen molar-refractivity contribution >= 4 is 21.0 Å². The molecular weight excluding hydrogens is 412 g/mol. The number of rotatable bonds is 5. The zero-order chi connectivity index (χ0) is 21.2. The zero-order valence-electron chi connectivity index (χ0n) is 16.3. The van der Waals surface area contributed by atoms with Gasteiger partial charge in [0.15, 0.2) is 14.7 Å². The number of benzene rings is 4. The molecule has 0 heterocycles. The highest BCUT2D eigenvalue weighted by molar-refractivity contribution is 7.97. The Bertz CT molecular complexity index is 1020. The molecule has 0 amide bonds. The summed E-state index contributed by atoms with van der Waals surface area (Å²) < 4.78 is 29.2. The van der Waals surface area contributed by atoms with Crippen molar-refractivity contribution in [1.82, 2.24) is 0 Å². The third-order valence-corrected chi connectivity index (χ3v) is 7.06. The lowest BCUT2D eigenvalue weighted by molar-refractivity contribution is 0.482. The van der Waals surface area contributed by atoms with Gasteiger partial charge in [0.2, 0.25) is 0 Å². The van der Waals surface area contributed by atoms with Gasteiger partial charge in [-0.25, -0.2) is 0 Å². The molecule has 4 aromatic carbocycles. The van der Waals surface area contributed by atoms with E-state index < -0.39 is 10.1 Å². The fraction of sp³-hybridized carbons (Fsp3) is 0.0400. The first-order valence-electron chi connectivity index (χ1n) is 9.41. The molecule has 0 fully saturated rings. The van der Waals surface area contributed by atoms with Crippen LogP contribution in [0.5, 0.6) is 0 Å². The summed E-state index contributed by atoms with van der Waals surface area (Å²) in [5, 5.41) is 0. The highest BCUT2D eigenvalue weighted by Crippen LogP contribution is 2.30. The molecule has 0 aromatic heterocycles. The summed E-state index contributed by atoms with van der Waals surface area (Å²) in [4.78, 5) is 4.08. The van der Waals surface area contributed by atoms with Gasteiger partial charge in [-0.15, -0.1) is 0 Å². The van der Waals surface area contributed by atoms with Crippen molar-refractivity contribution in [2.24, 2.45) is 0 Å². The maximum Gasteiger partial charge on any atom is 0.269 e. The minimum Gasteiger partial charge on any atom is -0.285 e. The maximum atomic E-state index is 10.4. The summed E-state index contributed by atoms with van der Waals surface area (Å²) in [6, 6.07) is 40.7. The van der Waals surface area contributed by atoms with Gasteiger partial charge in [0.1, 0.15) is 5.75 Å². The van der Waals surface area contributed by atoms with E-state index in [1.807, 2.05) is 0 Å². The molecule has 4 aromatic rings. The molecule has 0 saturated heterocycles. The Kier molecular flexibility index (Phi) is 7.85. The van der Waals surface area contributed by atoms with Gasteiger partial charge in [0, 0.05) is 0 Å². The van der Waals surface area contributed by atoms with E-state index in [0.29, 0.717) is 5.56 Å². The molecule has 1 N–H and O–H groups in total. The lowest BCUT2D eigenvalue weighted by atomic mass is 10.2. The molecule has 0 aliphatic heterocycles. The monoisotopic (exact) mass is 435 g/mol. The highest BCUT2D eigenvalue weighted by atomic mass is 32.2. The van der Waals surface area contributed by atoms with E-state index in [2.05, 4.69) is 91.0 Å². The van der Waals surface area contributed by atoms with Crippen LogP contribution in [0.1, 0.15) is 5.56 Å². The van der Waals surface area contributed by atoms with Crippen LogP contribution >= 0.6 is 0 Å². The van der Waals surface area contributed by atoms with Crippen molar-refractivity contribution in [3.63, 3.8) is 0 Å². The van der Waals surface area contributed by atoms with Crippen LogP contribution in [0.2, 0.25) is 0 Å². The Hall–Kier alpha value is -2.86. The van der Waals surface area contributed by atoms with Crippen molar-refractivity contribution in [3.8, 4) is 0 Å². The summed E-state index contributed by atoms with van der Waals surface area (Å²) in [7, 11) is -3.89. The summed E-state index contributed by atoms with van der Waals surface area (Å²) in [6.45, 7) is 0. The van der Waals surface area contributed by atoms with Crippen LogP contribution in [0.4, 0.5) is 0 Å². The van der Waals surface area contributed by atoms with Gasteiger partial charge in [0.05, 0.1) is 10.9 Å². The Balaban J connectivity index is 0.000000199. The summed E-state index contributed by atoms with van der Waals surface area (Å²) >= 11 is 0. The molecule has 0 atom stereocenters. The third-order valence-electron chi connectivity index (χ3n) is 4.13. The van der Waals surface area contributed by atoms with Crippen LogP contribution in [-0.2, 0) is 26.8 Å². The minimum atomic E-state index is -3.88. The first kappa shape index (κ1) is 21.8. The second kappa shape index (κ2) is 10.8.